The number of pyridine rings is 1. The molecule has 1 aromatic heterocycles. The first kappa shape index (κ1) is 12.8. The van der Waals surface area contributed by atoms with Crippen molar-refractivity contribution in [1.29, 1.82) is 0 Å². The molecule has 0 radical (unpaired) electrons. The third-order valence-electron chi connectivity index (χ3n) is 1.91. The Balaban J connectivity index is 2.46. The minimum Gasteiger partial charge on any atom is -0.478 e. The summed E-state index contributed by atoms with van der Waals surface area (Å²) in [5, 5.41) is 0. The van der Waals surface area contributed by atoms with Crippen molar-refractivity contribution < 1.29 is 17.9 Å². The number of ether oxygens (including phenoxy) is 1. The molecule has 0 saturated heterocycles. The molecule has 0 amide bonds. The molecule has 90 valence electrons. The van der Waals surface area contributed by atoms with Crippen LogP contribution in [-0.2, 0) is 6.18 Å². The molecule has 0 aliphatic carbocycles. The quantitative estimate of drug-likeness (QED) is 0.794. The highest BCUT2D eigenvalue weighted by molar-refractivity contribution is 5.19. The average Bonchev–Trinajstić information content (AvgIpc) is 2.24. The number of nitrogens with zero attached hydrogens (tertiary/aromatic N) is 1. The van der Waals surface area contributed by atoms with E-state index < -0.39 is 11.7 Å². The smallest absolute Gasteiger partial charge is 0.417 e. The number of rotatable bonds is 5. The topological polar surface area (TPSA) is 48.1 Å². The summed E-state index contributed by atoms with van der Waals surface area (Å²) in [6, 6.07) is 2.16. The Morgan fingerprint density at radius 2 is 2.00 bits per heavy atom. The van der Waals surface area contributed by atoms with Crippen molar-refractivity contribution >= 4 is 0 Å². The van der Waals surface area contributed by atoms with Gasteiger partial charge in [0.2, 0.25) is 5.88 Å². The molecule has 0 saturated carbocycles. The lowest BCUT2D eigenvalue weighted by Crippen LogP contribution is -2.07. The number of halogens is 3. The van der Waals surface area contributed by atoms with Gasteiger partial charge in [-0.3, -0.25) is 0 Å². The van der Waals surface area contributed by atoms with Crippen molar-refractivity contribution in [3.05, 3.63) is 23.9 Å². The number of unbranched alkanes of at least 4 members (excludes halogenated alkanes) is 1. The van der Waals surface area contributed by atoms with Gasteiger partial charge in [-0.15, -0.1) is 0 Å². The maximum Gasteiger partial charge on any atom is 0.417 e. The maximum absolute atomic E-state index is 12.2. The summed E-state index contributed by atoms with van der Waals surface area (Å²) in [6.45, 7) is 0.985. The predicted molar refractivity (Wildman–Crippen MR) is 53.0 cm³/mol. The van der Waals surface area contributed by atoms with Crippen molar-refractivity contribution in [2.24, 2.45) is 5.73 Å². The number of alkyl halides is 3. The van der Waals surface area contributed by atoms with E-state index in [1.165, 1.54) is 6.07 Å². The van der Waals surface area contributed by atoms with Crippen LogP contribution in [0.1, 0.15) is 18.4 Å². The number of hydrogen-bond acceptors (Lipinski definition) is 3. The third-order valence-corrected chi connectivity index (χ3v) is 1.91. The van der Waals surface area contributed by atoms with Gasteiger partial charge in [0.25, 0.3) is 0 Å². The van der Waals surface area contributed by atoms with E-state index in [0.29, 0.717) is 13.2 Å². The normalized spacial score (nSPS) is 11.5. The molecule has 0 bridgehead atoms. The molecule has 0 spiro atoms. The zero-order valence-corrected chi connectivity index (χ0v) is 8.63. The van der Waals surface area contributed by atoms with E-state index in [1.54, 1.807) is 0 Å². The lowest BCUT2D eigenvalue weighted by molar-refractivity contribution is -0.137. The van der Waals surface area contributed by atoms with Gasteiger partial charge in [-0.2, -0.15) is 13.2 Å². The number of nitrogens with two attached hydrogens (primary N) is 1. The van der Waals surface area contributed by atoms with Crippen LogP contribution in [0, 0.1) is 0 Å². The SMILES string of the molecule is NCCCCOc1ccc(C(F)(F)F)cn1. The Hall–Kier alpha value is -1.30. The van der Waals surface area contributed by atoms with E-state index >= 15 is 0 Å². The maximum atomic E-state index is 12.2. The molecule has 2 N–H and O–H groups in total. The van der Waals surface area contributed by atoms with Gasteiger partial charge in [-0.25, -0.2) is 4.98 Å². The summed E-state index contributed by atoms with van der Waals surface area (Å²) < 4.78 is 41.7. The fourth-order valence-electron chi connectivity index (χ4n) is 1.06. The van der Waals surface area contributed by atoms with Crippen LogP contribution in [0.3, 0.4) is 0 Å². The molecule has 0 fully saturated rings. The molecule has 0 aliphatic heterocycles. The average molecular weight is 234 g/mol. The Labute approximate surface area is 91.4 Å². The Morgan fingerprint density at radius 3 is 2.50 bits per heavy atom. The van der Waals surface area contributed by atoms with Crippen molar-refractivity contribution in [2.45, 2.75) is 19.0 Å². The van der Waals surface area contributed by atoms with Crippen LogP contribution < -0.4 is 10.5 Å². The molecular formula is C10H13F3N2O. The minimum absolute atomic E-state index is 0.199. The van der Waals surface area contributed by atoms with E-state index in [2.05, 4.69) is 4.98 Å². The van der Waals surface area contributed by atoms with Crippen LogP contribution in [0.5, 0.6) is 5.88 Å². The van der Waals surface area contributed by atoms with E-state index in [1.807, 2.05) is 0 Å². The molecule has 0 aliphatic rings. The lowest BCUT2D eigenvalue weighted by atomic mass is 10.3. The lowest BCUT2D eigenvalue weighted by Gasteiger charge is -2.07. The Bertz CT molecular complexity index is 311. The monoisotopic (exact) mass is 234 g/mol. The van der Waals surface area contributed by atoms with Crippen LogP contribution >= 0.6 is 0 Å². The van der Waals surface area contributed by atoms with Crippen molar-refractivity contribution in [3.8, 4) is 5.88 Å². The van der Waals surface area contributed by atoms with E-state index in [0.717, 1.165) is 25.1 Å². The van der Waals surface area contributed by atoms with E-state index in [-0.39, 0.29) is 5.88 Å². The van der Waals surface area contributed by atoms with Gasteiger partial charge in [-0.05, 0) is 25.5 Å². The van der Waals surface area contributed by atoms with Gasteiger partial charge < -0.3 is 10.5 Å². The second-order valence-electron chi connectivity index (χ2n) is 3.23. The van der Waals surface area contributed by atoms with Crippen LogP contribution in [0.2, 0.25) is 0 Å². The number of hydrogen-bond donors (Lipinski definition) is 1. The highest BCUT2D eigenvalue weighted by Gasteiger charge is 2.30. The first-order valence-corrected chi connectivity index (χ1v) is 4.90. The highest BCUT2D eigenvalue weighted by atomic mass is 19.4. The highest BCUT2D eigenvalue weighted by Crippen LogP contribution is 2.29. The summed E-state index contributed by atoms with van der Waals surface area (Å²) in [5.41, 5.74) is 4.50. The molecule has 1 heterocycles. The van der Waals surface area contributed by atoms with Gasteiger partial charge >= 0.3 is 6.18 Å². The predicted octanol–water partition coefficient (Wildman–Crippen LogP) is 2.22. The van der Waals surface area contributed by atoms with Crippen LogP contribution in [0.15, 0.2) is 18.3 Å². The molecule has 1 rings (SSSR count). The molecule has 3 nitrogen and oxygen atoms in total. The fraction of sp³-hybridized carbons (Fsp3) is 0.500. The second kappa shape index (κ2) is 5.69. The fourth-order valence-corrected chi connectivity index (χ4v) is 1.06. The summed E-state index contributed by atoms with van der Waals surface area (Å²) in [6.07, 6.45) is -2.01. The first-order chi connectivity index (χ1) is 7.54. The summed E-state index contributed by atoms with van der Waals surface area (Å²) in [7, 11) is 0. The van der Waals surface area contributed by atoms with Crippen LogP contribution in [-0.4, -0.2) is 18.1 Å². The van der Waals surface area contributed by atoms with Gasteiger partial charge in [0.15, 0.2) is 0 Å². The molecule has 1 aromatic rings. The molecular weight excluding hydrogens is 221 g/mol. The van der Waals surface area contributed by atoms with Crippen molar-refractivity contribution in [3.63, 3.8) is 0 Å². The largest absolute Gasteiger partial charge is 0.478 e. The first-order valence-electron chi connectivity index (χ1n) is 4.90. The van der Waals surface area contributed by atoms with E-state index in [9.17, 15) is 13.2 Å². The summed E-state index contributed by atoms with van der Waals surface area (Å²) >= 11 is 0. The van der Waals surface area contributed by atoms with Gasteiger partial charge in [0, 0.05) is 12.3 Å². The minimum atomic E-state index is -4.36. The zero-order valence-electron chi connectivity index (χ0n) is 8.63. The van der Waals surface area contributed by atoms with Gasteiger partial charge in [-0.1, -0.05) is 0 Å². The second-order valence-corrected chi connectivity index (χ2v) is 3.23. The zero-order chi connectivity index (χ0) is 12.0. The standard InChI is InChI=1S/C10H13F3N2O/c11-10(12,13)8-3-4-9(15-7-8)16-6-2-1-5-14/h3-4,7H,1-2,5-6,14H2. The molecule has 0 aromatic carbocycles. The Kier molecular flexibility index (Phi) is 4.54. The van der Waals surface area contributed by atoms with Crippen LogP contribution in [0.4, 0.5) is 13.2 Å². The Morgan fingerprint density at radius 1 is 1.25 bits per heavy atom. The summed E-state index contributed by atoms with van der Waals surface area (Å²) in [5.74, 6) is 0.199. The molecule has 16 heavy (non-hydrogen) atoms. The molecule has 0 unspecified atom stereocenters. The van der Waals surface area contributed by atoms with E-state index in [4.69, 9.17) is 10.5 Å². The molecule has 0 atom stereocenters. The van der Waals surface area contributed by atoms with Gasteiger partial charge in [0.1, 0.15) is 0 Å². The summed E-state index contributed by atoms with van der Waals surface area (Å²) in [4.78, 5) is 3.57. The number of aromatic nitrogens is 1. The molecule has 6 heteroatoms. The van der Waals surface area contributed by atoms with Crippen molar-refractivity contribution in [2.75, 3.05) is 13.2 Å². The van der Waals surface area contributed by atoms with Crippen molar-refractivity contribution in [1.82, 2.24) is 4.98 Å². The van der Waals surface area contributed by atoms with Crippen LogP contribution in [0.25, 0.3) is 0 Å². The third kappa shape index (κ3) is 4.06. The van der Waals surface area contributed by atoms with Gasteiger partial charge in [0.05, 0.1) is 12.2 Å².